The fourth-order valence-electron chi connectivity index (χ4n) is 4.05. The highest BCUT2D eigenvalue weighted by molar-refractivity contribution is 6.59. The van der Waals surface area contributed by atoms with Crippen LogP contribution >= 0.6 is 0 Å². The Morgan fingerprint density at radius 3 is 2.29 bits per heavy atom. The summed E-state index contributed by atoms with van der Waals surface area (Å²) in [6, 6.07) is 16.7. The second kappa shape index (κ2) is 10.1. The van der Waals surface area contributed by atoms with E-state index < -0.39 is 18.2 Å². The molecule has 0 saturated carbocycles. The summed E-state index contributed by atoms with van der Waals surface area (Å²) in [5.74, 6) is -0.562. The first-order chi connectivity index (χ1) is 13.6. The Balaban J connectivity index is 1.59. The van der Waals surface area contributed by atoms with Gasteiger partial charge in [-0.1, -0.05) is 74.7 Å². The first-order valence-electron chi connectivity index (χ1n) is 10.2. The van der Waals surface area contributed by atoms with Gasteiger partial charge in [0.15, 0.2) is 11.6 Å². The summed E-state index contributed by atoms with van der Waals surface area (Å²) in [6.45, 7) is -0.763. The van der Waals surface area contributed by atoms with Gasteiger partial charge in [-0.05, 0) is 47.6 Å². The predicted molar refractivity (Wildman–Crippen MR) is 110 cm³/mol. The molecule has 1 fully saturated rings. The molecule has 0 aliphatic carbocycles. The van der Waals surface area contributed by atoms with Crippen molar-refractivity contribution in [1.29, 1.82) is 0 Å². The summed E-state index contributed by atoms with van der Waals surface area (Å²) in [4.78, 5) is 0. The lowest BCUT2D eigenvalue weighted by molar-refractivity contribution is -0.0521. The van der Waals surface area contributed by atoms with Crippen molar-refractivity contribution in [2.24, 2.45) is 0 Å². The first-order valence-corrected chi connectivity index (χ1v) is 12.4. The Kier molecular flexibility index (Phi) is 7.60. The predicted octanol–water partition coefficient (Wildman–Crippen LogP) is 7.66. The van der Waals surface area contributed by atoms with Crippen molar-refractivity contribution in [2.75, 3.05) is 0 Å². The average Bonchev–Trinajstić information content (AvgIpc) is 2.70. The Morgan fingerprint density at radius 2 is 1.68 bits per heavy atom. The molecule has 1 nitrogen and oxygen atoms in total. The minimum absolute atomic E-state index is 0.135. The molecule has 1 saturated heterocycles. The molecule has 1 aliphatic heterocycles. The Labute approximate surface area is 167 Å². The van der Waals surface area contributed by atoms with E-state index in [1.807, 2.05) is 12.1 Å². The molecular formula is C23H28F3OSi. The van der Waals surface area contributed by atoms with Gasteiger partial charge in [0, 0.05) is 8.80 Å². The van der Waals surface area contributed by atoms with Crippen LogP contribution in [-0.4, -0.2) is 15.4 Å². The lowest BCUT2D eigenvalue weighted by Gasteiger charge is -2.28. The molecule has 0 spiro atoms. The number of alkyl halides is 2. The number of halogens is 3. The zero-order valence-corrected chi connectivity index (χ0v) is 17.4. The zero-order valence-electron chi connectivity index (χ0n) is 16.4. The molecule has 1 radical (unpaired) electrons. The van der Waals surface area contributed by atoms with E-state index in [1.54, 1.807) is 6.07 Å². The monoisotopic (exact) mass is 405 g/mol. The summed E-state index contributed by atoms with van der Waals surface area (Å²) in [5, 5.41) is 0. The van der Waals surface area contributed by atoms with Crippen LogP contribution in [0, 0.1) is 5.82 Å². The summed E-state index contributed by atoms with van der Waals surface area (Å²) >= 11 is 0. The maximum absolute atomic E-state index is 14.0. The quantitative estimate of drug-likeness (QED) is 0.324. The van der Waals surface area contributed by atoms with Gasteiger partial charge in [0.2, 0.25) is 0 Å². The van der Waals surface area contributed by atoms with E-state index in [1.165, 1.54) is 67.9 Å². The molecule has 2 aromatic rings. The van der Waals surface area contributed by atoms with Gasteiger partial charge in [-0.2, -0.15) is 8.78 Å². The van der Waals surface area contributed by atoms with E-state index in [9.17, 15) is 13.2 Å². The van der Waals surface area contributed by atoms with Gasteiger partial charge in [-0.25, -0.2) is 4.39 Å². The smallest absolute Gasteiger partial charge is 0.387 e. The number of hydrogen-bond acceptors (Lipinski definition) is 1. The molecule has 0 bridgehead atoms. The maximum atomic E-state index is 14.0. The molecule has 0 atom stereocenters. The largest absolute Gasteiger partial charge is 0.432 e. The Morgan fingerprint density at radius 1 is 1.00 bits per heavy atom. The van der Waals surface area contributed by atoms with Crippen LogP contribution in [0.4, 0.5) is 13.2 Å². The van der Waals surface area contributed by atoms with Crippen LogP contribution < -0.4 is 4.74 Å². The van der Waals surface area contributed by atoms with Gasteiger partial charge >= 0.3 is 6.61 Å². The van der Waals surface area contributed by atoms with Crippen molar-refractivity contribution in [3.05, 3.63) is 53.8 Å². The lowest BCUT2D eigenvalue weighted by atomic mass is 9.92. The average molecular weight is 406 g/mol. The second-order valence-corrected chi connectivity index (χ2v) is 10.6. The van der Waals surface area contributed by atoms with Crippen LogP contribution in [0.3, 0.4) is 0 Å². The standard InChI is InChI=1S/C23H28F3OSi/c1-2-3-4-13-28-14-11-19(12-15-28)17-5-7-18(8-6-17)20-9-10-22(21(24)16-20)27-23(25)26/h5-10,16,19,23H,2-4,11-15H2,1H3. The van der Waals surface area contributed by atoms with E-state index in [0.29, 0.717) is 11.5 Å². The van der Waals surface area contributed by atoms with Crippen molar-refractivity contribution in [2.45, 2.75) is 69.7 Å². The lowest BCUT2D eigenvalue weighted by Crippen LogP contribution is -2.20. The van der Waals surface area contributed by atoms with Gasteiger partial charge in [0.1, 0.15) is 0 Å². The van der Waals surface area contributed by atoms with Gasteiger partial charge in [0.05, 0.1) is 0 Å². The van der Waals surface area contributed by atoms with Crippen molar-refractivity contribution >= 4 is 8.80 Å². The third-order valence-corrected chi connectivity index (χ3v) is 8.74. The summed E-state index contributed by atoms with van der Waals surface area (Å²) in [7, 11) is -0.135. The number of ether oxygens (including phenoxy) is 1. The normalized spacial score (nSPS) is 15.9. The molecule has 2 aromatic carbocycles. The highest BCUT2D eigenvalue weighted by Crippen LogP contribution is 2.36. The van der Waals surface area contributed by atoms with Crippen LogP contribution in [0.5, 0.6) is 5.75 Å². The molecule has 5 heteroatoms. The van der Waals surface area contributed by atoms with Crippen LogP contribution in [-0.2, 0) is 0 Å². The van der Waals surface area contributed by atoms with Gasteiger partial charge in [-0.15, -0.1) is 0 Å². The number of benzene rings is 2. The Hall–Kier alpha value is -1.75. The number of unbranched alkanes of at least 4 members (excludes halogenated alkanes) is 2. The number of hydrogen-bond donors (Lipinski definition) is 0. The van der Waals surface area contributed by atoms with Crippen molar-refractivity contribution in [1.82, 2.24) is 0 Å². The summed E-state index contributed by atoms with van der Waals surface area (Å²) in [5.41, 5.74) is 2.90. The number of rotatable bonds is 8. The molecule has 0 amide bonds. The maximum Gasteiger partial charge on any atom is 0.387 e. The van der Waals surface area contributed by atoms with Crippen LogP contribution in [0.2, 0.25) is 18.1 Å². The fourth-order valence-corrected chi connectivity index (χ4v) is 7.07. The van der Waals surface area contributed by atoms with Gasteiger partial charge < -0.3 is 4.74 Å². The van der Waals surface area contributed by atoms with E-state index in [-0.39, 0.29) is 8.80 Å². The van der Waals surface area contributed by atoms with Crippen molar-refractivity contribution < 1.29 is 17.9 Å². The third-order valence-electron chi connectivity index (χ3n) is 5.69. The molecule has 28 heavy (non-hydrogen) atoms. The molecule has 0 unspecified atom stereocenters. The SMILES string of the molecule is CCCCC[Si]1CCC(c2ccc(-c3ccc(OC(F)F)c(F)c3)cc2)CC1. The molecular weight excluding hydrogens is 377 g/mol. The first kappa shape index (κ1) is 21.0. The second-order valence-electron chi connectivity index (χ2n) is 7.63. The molecule has 3 rings (SSSR count). The third kappa shape index (κ3) is 5.63. The minimum Gasteiger partial charge on any atom is -0.432 e. The van der Waals surface area contributed by atoms with Gasteiger partial charge in [-0.3, -0.25) is 0 Å². The molecule has 1 aliphatic rings. The molecule has 0 aromatic heterocycles. The van der Waals surface area contributed by atoms with Crippen molar-refractivity contribution in [3.63, 3.8) is 0 Å². The fraction of sp³-hybridized carbons (Fsp3) is 0.478. The highest BCUT2D eigenvalue weighted by Gasteiger charge is 2.23. The van der Waals surface area contributed by atoms with Crippen LogP contribution in [0.1, 0.15) is 50.5 Å². The molecule has 1 heterocycles. The minimum atomic E-state index is -3.02. The molecule has 151 valence electrons. The van der Waals surface area contributed by atoms with E-state index >= 15 is 0 Å². The Bertz CT molecular complexity index is 740. The molecule has 0 N–H and O–H groups in total. The van der Waals surface area contributed by atoms with E-state index in [4.69, 9.17) is 0 Å². The summed E-state index contributed by atoms with van der Waals surface area (Å²) < 4.78 is 42.6. The van der Waals surface area contributed by atoms with Crippen LogP contribution in [0.15, 0.2) is 42.5 Å². The van der Waals surface area contributed by atoms with E-state index in [2.05, 4.69) is 23.8 Å². The van der Waals surface area contributed by atoms with Gasteiger partial charge in [0.25, 0.3) is 0 Å². The van der Waals surface area contributed by atoms with Crippen molar-refractivity contribution in [3.8, 4) is 16.9 Å². The van der Waals surface area contributed by atoms with Crippen LogP contribution in [0.25, 0.3) is 11.1 Å². The topological polar surface area (TPSA) is 9.23 Å². The van der Waals surface area contributed by atoms with E-state index in [0.717, 1.165) is 5.56 Å². The summed E-state index contributed by atoms with van der Waals surface area (Å²) in [6.07, 6.45) is 6.65. The zero-order chi connectivity index (χ0) is 19.9. The highest BCUT2D eigenvalue weighted by atomic mass is 28.3.